The van der Waals surface area contributed by atoms with Crippen LogP contribution in [-0.2, 0) is 4.79 Å². The molecule has 0 radical (unpaired) electrons. The lowest BCUT2D eigenvalue weighted by Gasteiger charge is -2.17. The van der Waals surface area contributed by atoms with Gasteiger partial charge in [-0.2, -0.15) is 0 Å². The van der Waals surface area contributed by atoms with E-state index in [1.165, 1.54) is 4.90 Å². The first-order chi connectivity index (χ1) is 11.4. The summed E-state index contributed by atoms with van der Waals surface area (Å²) in [5, 5.41) is 2.89. The molecule has 2 amide bonds. The topological polar surface area (TPSA) is 84.7 Å². The number of carbonyl (C=O) groups excluding carboxylic acids is 2. The van der Waals surface area contributed by atoms with Gasteiger partial charge in [0, 0.05) is 32.1 Å². The van der Waals surface area contributed by atoms with Crippen molar-refractivity contribution in [3.63, 3.8) is 0 Å². The minimum Gasteiger partial charge on any atom is -0.492 e. The van der Waals surface area contributed by atoms with Gasteiger partial charge in [-0.3, -0.25) is 9.59 Å². The number of benzene rings is 1. The normalized spacial score (nSPS) is 19.0. The lowest BCUT2D eigenvalue weighted by molar-refractivity contribution is -0.117. The van der Waals surface area contributed by atoms with E-state index in [0.717, 1.165) is 19.3 Å². The Labute approximate surface area is 155 Å². The third kappa shape index (κ3) is 5.61. The summed E-state index contributed by atoms with van der Waals surface area (Å²) in [6, 6.07) is 5.19. The Bertz CT molecular complexity index is 607. The number of nitrogens with one attached hydrogen (secondary N) is 1. The highest BCUT2D eigenvalue weighted by Gasteiger charge is 2.26. The van der Waals surface area contributed by atoms with Crippen LogP contribution in [0.3, 0.4) is 0 Å². The molecule has 2 rings (SSSR count). The fraction of sp³-hybridized carbons (Fsp3) is 0.556. The van der Waals surface area contributed by atoms with E-state index in [1.54, 1.807) is 32.3 Å². The van der Waals surface area contributed by atoms with Crippen molar-refractivity contribution in [2.24, 2.45) is 11.7 Å². The van der Waals surface area contributed by atoms with Crippen LogP contribution in [0, 0.1) is 5.92 Å². The Morgan fingerprint density at radius 2 is 2.04 bits per heavy atom. The summed E-state index contributed by atoms with van der Waals surface area (Å²) >= 11 is 0. The first kappa shape index (κ1) is 21.3. The van der Waals surface area contributed by atoms with Gasteiger partial charge in [0.1, 0.15) is 5.75 Å². The first-order valence-corrected chi connectivity index (χ1v) is 8.46. The molecule has 1 fully saturated rings. The van der Waals surface area contributed by atoms with Gasteiger partial charge in [-0.25, -0.2) is 0 Å². The van der Waals surface area contributed by atoms with E-state index in [1.807, 2.05) is 6.92 Å². The quantitative estimate of drug-likeness (QED) is 0.807. The highest BCUT2D eigenvalue weighted by Crippen LogP contribution is 2.29. The maximum Gasteiger partial charge on any atom is 0.253 e. The van der Waals surface area contributed by atoms with Crippen LogP contribution in [0.1, 0.15) is 43.0 Å². The first-order valence-electron chi connectivity index (χ1n) is 8.46. The van der Waals surface area contributed by atoms with Crippen molar-refractivity contribution >= 4 is 29.9 Å². The Kier molecular flexibility index (Phi) is 8.19. The number of hydrogen-bond donors (Lipinski definition) is 2. The Morgan fingerprint density at radius 1 is 1.32 bits per heavy atom. The molecule has 0 heterocycles. The second kappa shape index (κ2) is 9.63. The number of ether oxygens (including phenoxy) is 1. The van der Waals surface area contributed by atoms with Gasteiger partial charge >= 0.3 is 0 Å². The van der Waals surface area contributed by atoms with Crippen molar-refractivity contribution in [1.82, 2.24) is 4.90 Å². The number of amides is 2. The third-order valence-corrected chi connectivity index (χ3v) is 4.37. The molecule has 25 heavy (non-hydrogen) atoms. The van der Waals surface area contributed by atoms with Crippen molar-refractivity contribution in [3.05, 3.63) is 23.8 Å². The molecule has 1 aromatic rings. The van der Waals surface area contributed by atoms with Gasteiger partial charge in [0.2, 0.25) is 5.91 Å². The molecule has 0 bridgehead atoms. The van der Waals surface area contributed by atoms with E-state index in [0.29, 0.717) is 30.0 Å². The summed E-state index contributed by atoms with van der Waals surface area (Å²) in [4.78, 5) is 26.0. The largest absolute Gasteiger partial charge is 0.492 e. The fourth-order valence-corrected chi connectivity index (χ4v) is 3.06. The maximum absolute atomic E-state index is 12.4. The van der Waals surface area contributed by atoms with Crippen molar-refractivity contribution in [1.29, 1.82) is 0 Å². The van der Waals surface area contributed by atoms with Crippen LogP contribution in [-0.4, -0.2) is 43.5 Å². The fourth-order valence-electron chi connectivity index (χ4n) is 3.06. The smallest absolute Gasteiger partial charge is 0.253 e. The van der Waals surface area contributed by atoms with Crippen LogP contribution in [0.15, 0.2) is 18.2 Å². The molecule has 0 spiro atoms. The van der Waals surface area contributed by atoms with Crippen LogP contribution in [0.5, 0.6) is 5.75 Å². The molecule has 2 atom stereocenters. The summed E-state index contributed by atoms with van der Waals surface area (Å²) < 4.78 is 5.56. The van der Waals surface area contributed by atoms with E-state index >= 15 is 0 Å². The summed E-state index contributed by atoms with van der Waals surface area (Å²) in [6.45, 7) is 2.36. The third-order valence-electron chi connectivity index (χ3n) is 4.37. The molecule has 1 aliphatic rings. The summed E-state index contributed by atoms with van der Waals surface area (Å²) in [7, 11) is 3.39. The van der Waals surface area contributed by atoms with Gasteiger partial charge in [-0.05, 0) is 43.9 Å². The monoisotopic (exact) mass is 369 g/mol. The number of anilines is 1. The molecule has 0 saturated heterocycles. The second-order valence-corrected chi connectivity index (χ2v) is 6.45. The highest BCUT2D eigenvalue weighted by atomic mass is 35.5. The number of nitrogens with two attached hydrogens (primary N) is 1. The van der Waals surface area contributed by atoms with Crippen molar-refractivity contribution in [2.75, 3.05) is 26.0 Å². The van der Waals surface area contributed by atoms with Crippen molar-refractivity contribution < 1.29 is 14.3 Å². The molecule has 0 aromatic heterocycles. The molecule has 1 saturated carbocycles. The average molecular weight is 370 g/mol. The van der Waals surface area contributed by atoms with Crippen LogP contribution in [0.4, 0.5) is 5.69 Å². The van der Waals surface area contributed by atoms with Gasteiger partial charge in [0.05, 0.1) is 12.3 Å². The molecular formula is C18H28ClN3O3. The Balaban J connectivity index is 0.00000312. The molecular weight excluding hydrogens is 342 g/mol. The van der Waals surface area contributed by atoms with E-state index in [-0.39, 0.29) is 36.2 Å². The SMILES string of the molecule is CCOc1ccc(C(=O)N(C)C)cc1NC(=O)C[C@@H]1CCC[C@H]1N.Cl. The predicted octanol–water partition coefficient (Wildman–Crippen LogP) is 2.66. The number of hydrogen-bond acceptors (Lipinski definition) is 4. The molecule has 140 valence electrons. The molecule has 1 aromatic carbocycles. The number of nitrogens with zero attached hydrogens (tertiary/aromatic N) is 1. The van der Waals surface area contributed by atoms with Gasteiger partial charge < -0.3 is 20.7 Å². The van der Waals surface area contributed by atoms with Gasteiger partial charge in [0.25, 0.3) is 5.91 Å². The maximum atomic E-state index is 12.4. The Hall–Kier alpha value is -1.79. The molecule has 6 nitrogen and oxygen atoms in total. The number of rotatable bonds is 6. The zero-order chi connectivity index (χ0) is 17.7. The van der Waals surface area contributed by atoms with Crippen LogP contribution in [0.2, 0.25) is 0 Å². The van der Waals surface area contributed by atoms with Gasteiger partial charge in [0.15, 0.2) is 0 Å². The summed E-state index contributed by atoms with van der Waals surface area (Å²) in [6.07, 6.45) is 3.45. The van der Waals surface area contributed by atoms with E-state index in [9.17, 15) is 9.59 Å². The zero-order valence-electron chi connectivity index (χ0n) is 15.1. The van der Waals surface area contributed by atoms with E-state index in [4.69, 9.17) is 10.5 Å². The number of carbonyl (C=O) groups is 2. The minimum atomic E-state index is -0.119. The molecule has 0 aliphatic heterocycles. The lowest BCUT2D eigenvalue weighted by Crippen LogP contribution is -2.28. The van der Waals surface area contributed by atoms with Crippen LogP contribution < -0.4 is 15.8 Å². The number of halogens is 1. The zero-order valence-corrected chi connectivity index (χ0v) is 15.9. The van der Waals surface area contributed by atoms with Crippen molar-refractivity contribution in [2.45, 2.75) is 38.6 Å². The van der Waals surface area contributed by atoms with Crippen molar-refractivity contribution in [3.8, 4) is 5.75 Å². The van der Waals surface area contributed by atoms with Crippen LogP contribution in [0.25, 0.3) is 0 Å². The van der Waals surface area contributed by atoms with Gasteiger partial charge in [-0.1, -0.05) is 6.42 Å². The molecule has 0 unspecified atom stereocenters. The standard InChI is InChI=1S/C18H27N3O3.ClH/c1-4-24-16-9-8-13(18(23)21(2)3)10-15(16)20-17(22)11-12-6-5-7-14(12)19;/h8-10,12,14H,4-7,11,19H2,1-3H3,(H,20,22);1H/t12-,14+;/m0./s1. The lowest BCUT2D eigenvalue weighted by atomic mass is 10.00. The second-order valence-electron chi connectivity index (χ2n) is 6.45. The highest BCUT2D eigenvalue weighted by molar-refractivity contribution is 5.98. The van der Waals surface area contributed by atoms with Crippen LogP contribution >= 0.6 is 12.4 Å². The van der Waals surface area contributed by atoms with Gasteiger partial charge in [-0.15, -0.1) is 12.4 Å². The molecule has 3 N–H and O–H groups in total. The average Bonchev–Trinajstić information content (AvgIpc) is 2.93. The van der Waals surface area contributed by atoms with E-state index in [2.05, 4.69) is 5.32 Å². The summed E-state index contributed by atoms with van der Waals surface area (Å²) in [5.74, 6) is 0.586. The molecule has 7 heteroatoms. The minimum absolute atomic E-state index is 0. The predicted molar refractivity (Wildman–Crippen MR) is 101 cm³/mol. The molecule has 1 aliphatic carbocycles. The Morgan fingerprint density at radius 3 is 2.60 bits per heavy atom. The summed E-state index contributed by atoms with van der Waals surface area (Å²) in [5.41, 5.74) is 7.08. The van der Waals surface area contributed by atoms with E-state index < -0.39 is 0 Å².